The normalized spacial score (nSPS) is 15.7. The minimum absolute atomic E-state index is 0.0186. The lowest BCUT2D eigenvalue weighted by Crippen LogP contribution is -2.40. The van der Waals surface area contributed by atoms with Crippen molar-refractivity contribution in [2.45, 2.75) is 17.2 Å². The van der Waals surface area contributed by atoms with Crippen LogP contribution in [-0.2, 0) is 27.1 Å². The monoisotopic (exact) mass is 393 g/mol. The molecule has 2 aromatic rings. The third-order valence-corrected chi connectivity index (χ3v) is 6.55. The summed E-state index contributed by atoms with van der Waals surface area (Å²) in [6.45, 7) is 1.55. The molecule has 3 rings (SSSR count). The van der Waals surface area contributed by atoms with Crippen LogP contribution in [0.5, 0.6) is 0 Å². The van der Waals surface area contributed by atoms with Crippen LogP contribution in [0.15, 0.2) is 53.4 Å². The van der Waals surface area contributed by atoms with Gasteiger partial charge >= 0.3 is 0 Å². The summed E-state index contributed by atoms with van der Waals surface area (Å²) in [6, 6.07) is 13.7. The molecule has 138 valence electrons. The second kappa shape index (κ2) is 8.31. The molecule has 2 aromatic carbocycles. The highest BCUT2D eigenvalue weighted by Gasteiger charge is 2.26. The van der Waals surface area contributed by atoms with Gasteiger partial charge in [0.05, 0.1) is 18.1 Å². The van der Waals surface area contributed by atoms with Crippen LogP contribution >= 0.6 is 11.6 Å². The summed E-state index contributed by atoms with van der Waals surface area (Å²) in [5, 5.41) is 0. The molecule has 1 aliphatic rings. The Labute approximate surface area is 158 Å². The highest BCUT2D eigenvalue weighted by atomic mass is 35.5. The molecule has 26 heavy (non-hydrogen) atoms. The first kappa shape index (κ1) is 19.0. The van der Waals surface area contributed by atoms with Crippen molar-refractivity contribution in [3.05, 3.63) is 65.2 Å². The molecule has 7 heteroatoms. The summed E-state index contributed by atoms with van der Waals surface area (Å²) < 4.78 is 31.8. The lowest BCUT2D eigenvalue weighted by Gasteiger charge is -2.26. The fourth-order valence-electron chi connectivity index (χ4n) is 2.78. The van der Waals surface area contributed by atoms with Crippen molar-refractivity contribution in [3.63, 3.8) is 0 Å². The van der Waals surface area contributed by atoms with E-state index >= 15 is 0 Å². The van der Waals surface area contributed by atoms with Crippen LogP contribution in [0.4, 0.5) is 0 Å². The first-order valence-electron chi connectivity index (χ1n) is 8.35. The largest absolute Gasteiger partial charge is 0.379 e. The highest BCUT2D eigenvalue weighted by Crippen LogP contribution is 2.18. The Kier molecular flexibility index (Phi) is 6.09. The van der Waals surface area contributed by atoms with Crippen molar-refractivity contribution in [1.82, 2.24) is 4.31 Å². The summed E-state index contributed by atoms with van der Waals surface area (Å²) in [5.74, 6) is 0.392. The van der Waals surface area contributed by atoms with E-state index < -0.39 is 10.0 Å². The van der Waals surface area contributed by atoms with E-state index in [1.54, 1.807) is 36.4 Å². The van der Waals surface area contributed by atoms with E-state index in [0.717, 1.165) is 11.1 Å². The van der Waals surface area contributed by atoms with Crippen molar-refractivity contribution in [3.8, 4) is 0 Å². The lowest BCUT2D eigenvalue weighted by atomic mass is 10.0. The Morgan fingerprint density at radius 2 is 1.54 bits per heavy atom. The Hall–Kier alpha value is -1.73. The van der Waals surface area contributed by atoms with Gasteiger partial charge in [0.25, 0.3) is 0 Å². The average Bonchev–Trinajstić information content (AvgIpc) is 2.69. The minimum atomic E-state index is -3.51. The summed E-state index contributed by atoms with van der Waals surface area (Å²) in [4.78, 5) is 12.6. The van der Waals surface area contributed by atoms with Crippen molar-refractivity contribution in [2.24, 2.45) is 0 Å². The van der Waals surface area contributed by atoms with Crippen LogP contribution in [0.3, 0.4) is 0 Å². The van der Waals surface area contributed by atoms with Gasteiger partial charge in [-0.3, -0.25) is 4.79 Å². The number of Topliss-reactive ketones (excluding diaryl/α,β-unsaturated/α-hetero) is 1. The zero-order chi connectivity index (χ0) is 18.6. The molecule has 1 heterocycles. The number of halogens is 1. The van der Waals surface area contributed by atoms with Crippen LogP contribution in [0.1, 0.15) is 21.5 Å². The molecule has 0 spiro atoms. The number of morpholine rings is 1. The Balaban J connectivity index is 1.69. The van der Waals surface area contributed by atoms with E-state index in [0.29, 0.717) is 37.7 Å². The molecule has 0 aromatic heterocycles. The van der Waals surface area contributed by atoms with Gasteiger partial charge in [-0.2, -0.15) is 4.31 Å². The number of carbonyl (C=O) groups excluding carboxylic acids is 1. The van der Waals surface area contributed by atoms with Gasteiger partial charge in [0.2, 0.25) is 10.0 Å². The van der Waals surface area contributed by atoms with Crippen LogP contribution in [0.25, 0.3) is 0 Å². The number of carbonyl (C=O) groups is 1. The number of alkyl halides is 1. The SMILES string of the molecule is O=C(Cc1ccc(S(=O)(=O)N2CCOCC2)cc1)c1ccc(CCl)cc1. The second-order valence-corrected chi connectivity index (χ2v) is 8.30. The maximum Gasteiger partial charge on any atom is 0.243 e. The van der Waals surface area contributed by atoms with Gasteiger partial charge in [-0.1, -0.05) is 36.4 Å². The van der Waals surface area contributed by atoms with Crippen LogP contribution in [0, 0.1) is 0 Å². The first-order valence-corrected chi connectivity index (χ1v) is 10.3. The molecule has 0 bridgehead atoms. The number of sulfonamides is 1. The van der Waals surface area contributed by atoms with E-state index in [1.165, 1.54) is 4.31 Å². The Bertz CT molecular complexity index is 857. The highest BCUT2D eigenvalue weighted by molar-refractivity contribution is 7.89. The maximum atomic E-state index is 12.6. The quantitative estimate of drug-likeness (QED) is 0.559. The minimum Gasteiger partial charge on any atom is -0.379 e. The van der Waals surface area contributed by atoms with Crippen molar-refractivity contribution >= 4 is 27.4 Å². The van der Waals surface area contributed by atoms with Gasteiger partial charge in [0.1, 0.15) is 0 Å². The van der Waals surface area contributed by atoms with Crippen LogP contribution in [-0.4, -0.2) is 44.8 Å². The van der Waals surface area contributed by atoms with Gasteiger partial charge < -0.3 is 4.74 Å². The molecule has 5 nitrogen and oxygen atoms in total. The van der Waals surface area contributed by atoms with E-state index in [4.69, 9.17) is 16.3 Å². The molecule has 0 amide bonds. The van der Waals surface area contributed by atoms with Gasteiger partial charge in [-0.05, 0) is 23.3 Å². The third kappa shape index (κ3) is 4.32. The topological polar surface area (TPSA) is 63.7 Å². The zero-order valence-electron chi connectivity index (χ0n) is 14.2. The van der Waals surface area contributed by atoms with Gasteiger partial charge in [-0.25, -0.2) is 8.42 Å². The predicted molar refractivity (Wildman–Crippen MR) is 100 cm³/mol. The molecule has 1 fully saturated rings. The number of ketones is 1. The first-order chi connectivity index (χ1) is 12.5. The molecule has 0 unspecified atom stereocenters. The number of hydrogen-bond donors (Lipinski definition) is 0. The standard InChI is InChI=1S/C19H20ClNO4S/c20-14-16-1-5-17(6-2-16)19(22)13-15-3-7-18(8-4-15)26(23,24)21-9-11-25-12-10-21/h1-8H,9-14H2. The maximum absolute atomic E-state index is 12.6. The molecular formula is C19H20ClNO4S. The average molecular weight is 394 g/mol. The molecular weight excluding hydrogens is 374 g/mol. The molecule has 0 N–H and O–H groups in total. The van der Waals surface area contributed by atoms with E-state index in [-0.39, 0.29) is 17.1 Å². The Morgan fingerprint density at radius 3 is 2.12 bits per heavy atom. The second-order valence-electron chi connectivity index (χ2n) is 6.09. The van der Waals surface area contributed by atoms with Crippen molar-refractivity contribution in [1.29, 1.82) is 0 Å². The molecule has 0 aliphatic carbocycles. The summed E-state index contributed by atoms with van der Waals surface area (Å²) in [5.41, 5.74) is 2.35. The van der Waals surface area contributed by atoms with Crippen molar-refractivity contribution in [2.75, 3.05) is 26.3 Å². The molecule has 0 radical (unpaired) electrons. The fourth-order valence-corrected chi connectivity index (χ4v) is 4.37. The number of nitrogens with zero attached hydrogens (tertiary/aromatic N) is 1. The molecule has 0 atom stereocenters. The van der Waals surface area contributed by atoms with E-state index in [2.05, 4.69) is 0 Å². The summed E-state index contributed by atoms with van der Waals surface area (Å²) in [7, 11) is -3.51. The third-order valence-electron chi connectivity index (χ3n) is 4.33. The van der Waals surface area contributed by atoms with Gasteiger partial charge in [-0.15, -0.1) is 11.6 Å². The smallest absolute Gasteiger partial charge is 0.243 e. The lowest BCUT2D eigenvalue weighted by molar-refractivity contribution is 0.0730. The van der Waals surface area contributed by atoms with Crippen molar-refractivity contribution < 1.29 is 17.9 Å². The Morgan fingerprint density at radius 1 is 0.962 bits per heavy atom. The van der Waals surface area contributed by atoms with Gasteiger partial charge in [0.15, 0.2) is 5.78 Å². The van der Waals surface area contributed by atoms with Crippen LogP contribution in [0.2, 0.25) is 0 Å². The number of ether oxygens (including phenoxy) is 1. The number of hydrogen-bond acceptors (Lipinski definition) is 4. The molecule has 0 saturated carbocycles. The number of benzene rings is 2. The van der Waals surface area contributed by atoms with Crippen LogP contribution < -0.4 is 0 Å². The predicted octanol–water partition coefficient (Wildman–Crippen LogP) is 2.87. The zero-order valence-corrected chi connectivity index (χ0v) is 15.8. The molecule has 1 saturated heterocycles. The van der Waals surface area contributed by atoms with E-state index in [9.17, 15) is 13.2 Å². The molecule has 1 aliphatic heterocycles. The van der Waals surface area contributed by atoms with Gasteiger partial charge in [0, 0.05) is 31.0 Å². The fraction of sp³-hybridized carbons (Fsp3) is 0.316. The number of rotatable bonds is 6. The summed E-state index contributed by atoms with van der Waals surface area (Å²) in [6.07, 6.45) is 0.220. The summed E-state index contributed by atoms with van der Waals surface area (Å²) >= 11 is 5.75. The van der Waals surface area contributed by atoms with E-state index in [1.807, 2.05) is 12.1 Å².